The van der Waals surface area contributed by atoms with Crippen molar-refractivity contribution in [3.8, 4) is 5.69 Å². The van der Waals surface area contributed by atoms with E-state index in [0.717, 1.165) is 22.7 Å². The number of ketones is 1. The second kappa shape index (κ2) is 8.50. The minimum absolute atomic E-state index is 0.149. The largest absolute Gasteiger partial charge is 0.286 e. The zero-order valence-corrected chi connectivity index (χ0v) is 16.3. The van der Waals surface area contributed by atoms with Crippen molar-refractivity contribution >= 4 is 28.5 Å². The van der Waals surface area contributed by atoms with Gasteiger partial charge in [0.1, 0.15) is 0 Å². The molecule has 1 heterocycles. The number of carbonyl (C=O) groups excluding carboxylic acids is 1. The summed E-state index contributed by atoms with van der Waals surface area (Å²) in [5, 5.41) is 20.0. The van der Waals surface area contributed by atoms with Crippen molar-refractivity contribution in [2.45, 2.75) is 0 Å². The number of nitrogens with zero attached hydrogens (tertiary/aromatic N) is 4. The molecule has 0 bridgehead atoms. The number of nitro groups is 1. The molecular weight excluding hydrogens is 402 g/mol. The molecule has 0 aliphatic rings. The van der Waals surface area contributed by atoms with Crippen LogP contribution in [-0.2, 0) is 0 Å². The Morgan fingerprint density at radius 3 is 2.40 bits per heavy atom. The molecule has 0 fully saturated rings. The van der Waals surface area contributed by atoms with Gasteiger partial charge in [-0.3, -0.25) is 20.3 Å². The molecule has 0 atom stereocenters. The zero-order valence-electron chi connectivity index (χ0n) is 15.5. The van der Waals surface area contributed by atoms with Gasteiger partial charge in [0.05, 0.1) is 16.3 Å². The standard InChI is InChI=1S/C21H15N5O3S/c27-19(15-8-7-13-18(14-15)26(28)29)20-24-25(17-11-5-2-6-12-17)21(30-20)23-22-16-9-3-1-4-10-16/h1-14,22H/b23-21+. The predicted molar refractivity (Wildman–Crippen MR) is 114 cm³/mol. The molecule has 0 radical (unpaired) electrons. The van der Waals surface area contributed by atoms with Crippen LogP contribution >= 0.6 is 11.3 Å². The quantitative estimate of drug-likeness (QED) is 0.290. The second-order valence-corrected chi connectivity index (χ2v) is 7.12. The first-order chi connectivity index (χ1) is 14.6. The van der Waals surface area contributed by atoms with Crippen molar-refractivity contribution in [3.63, 3.8) is 0 Å². The van der Waals surface area contributed by atoms with Crippen LogP contribution in [0, 0.1) is 10.1 Å². The van der Waals surface area contributed by atoms with Crippen molar-refractivity contribution in [1.82, 2.24) is 9.78 Å². The first kappa shape index (κ1) is 19.2. The Labute approximate surface area is 174 Å². The second-order valence-electron chi connectivity index (χ2n) is 6.16. The highest BCUT2D eigenvalue weighted by molar-refractivity contribution is 7.11. The van der Waals surface area contributed by atoms with E-state index in [0.29, 0.717) is 4.80 Å². The minimum atomic E-state index is -0.534. The molecule has 3 aromatic carbocycles. The van der Waals surface area contributed by atoms with E-state index in [1.54, 1.807) is 4.68 Å². The van der Waals surface area contributed by atoms with Crippen LogP contribution in [0.3, 0.4) is 0 Å². The van der Waals surface area contributed by atoms with Crippen LogP contribution in [0.1, 0.15) is 15.4 Å². The Morgan fingerprint density at radius 1 is 1.00 bits per heavy atom. The number of carbonyl (C=O) groups is 1. The van der Waals surface area contributed by atoms with E-state index in [-0.39, 0.29) is 16.3 Å². The first-order valence-corrected chi connectivity index (χ1v) is 9.73. The highest BCUT2D eigenvalue weighted by atomic mass is 32.1. The number of anilines is 1. The molecule has 30 heavy (non-hydrogen) atoms. The molecule has 0 aliphatic heterocycles. The van der Waals surface area contributed by atoms with Crippen LogP contribution in [0.15, 0.2) is 90.0 Å². The summed E-state index contributed by atoms with van der Waals surface area (Å²) in [6, 6.07) is 24.3. The van der Waals surface area contributed by atoms with E-state index in [9.17, 15) is 14.9 Å². The average Bonchev–Trinajstić information content (AvgIpc) is 3.23. The fraction of sp³-hybridized carbons (Fsp3) is 0. The lowest BCUT2D eigenvalue weighted by molar-refractivity contribution is -0.384. The normalized spacial score (nSPS) is 11.3. The number of benzene rings is 3. The molecular formula is C21H15N5O3S. The van der Waals surface area contributed by atoms with Gasteiger partial charge >= 0.3 is 0 Å². The molecule has 0 aliphatic carbocycles. The van der Waals surface area contributed by atoms with Gasteiger partial charge in [-0.1, -0.05) is 59.9 Å². The van der Waals surface area contributed by atoms with Crippen molar-refractivity contribution < 1.29 is 9.72 Å². The Hall–Kier alpha value is -4.11. The lowest BCUT2D eigenvalue weighted by atomic mass is 10.1. The van der Waals surface area contributed by atoms with E-state index < -0.39 is 10.7 Å². The van der Waals surface area contributed by atoms with E-state index >= 15 is 0 Å². The summed E-state index contributed by atoms with van der Waals surface area (Å²) in [6.45, 7) is 0. The molecule has 0 spiro atoms. The highest BCUT2D eigenvalue weighted by Crippen LogP contribution is 2.17. The third-order valence-corrected chi connectivity index (χ3v) is 5.04. The van der Waals surface area contributed by atoms with Gasteiger partial charge in [-0.25, -0.2) is 4.68 Å². The van der Waals surface area contributed by atoms with Crippen molar-refractivity contribution in [1.29, 1.82) is 0 Å². The van der Waals surface area contributed by atoms with Crippen molar-refractivity contribution in [2.75, 3.05) is 5.43 Å². The summed E-state index contributed by atoms with van der Waals surface area (Å²) in [5.74, 6) is -0.408. The van der Waals surface area contributed by atoms with Crippen LogP contribution in [-0.4, -0.2) is 20.5 Å². The van der Waals surface area contributed by atoms with E-state index in [1.807, 2.05) is 60.7 Å². The molecule has 0 unspecified atom stereocenters. The van der Waals surface area contributed by atoms with E-state index in [2.05, 4.69) is 15.6 Å². The third kappa shape index (κ3) is 4.15. The summed E-state index contributed by atoms with van der Waals surface area (Å²) in [7, 11) is 0. The van der Waals surface area contributed by atoms with Gasteiger partial charge in [0, 0.05) is 17.7 Å². The molecule has 0 saturated heterocycles. The van der Waals surface area contributed by atoms with Crippen LogP contribution in [0.2, 0.25) is 0 Å². The molecule has 1 aromatic heterocycles. The van der Waals surface area contributed by atoms with E-state index in [1.165, 1.54) is 24.3 Å². The number of hydrogen-bond acceptors (Lipinski definition) is 7. The van der Waals surface area contributed by atoms with Crippen molar-refractivity contribution in [2.24, 2.45) is 5.10 Å². The maximum absolute atomic E-state index is 12.9. The topological polar surface area (TPSA) is 102 Å². The number of aromatic nitrogens is 2. The molecule has 148 valence electrons. The van der Waals surface area contributed by atoms with Crippen LogP contribution in [0.5, 0.6) is 0 Å². The fourth-order valence-corrected chi connectivity index (χ4v) is 3.52. The smallest absolute Gasteiger partial charge is 0.270 e. The van der Waals surface area contributed by atoms with Gasteiger partial charge in [0.2, 0.25) is 10.6 Å². The van der Waals surface area contributed by atoms with Crippen LogP contribution in [0.25, 0.3) is 5.69 Å². The van der Waals surface area contributed by atoms with Gasteiger partial charge in [-0.15, -0.1) is 5.10 Å². The number of para-hydroxylation sites is 2. The van der Waals surface area contributed by atoms with Crippen LogP contribution in [0.4, 0.5) is 11.4 Å². The Morgan fingerprint density at radius 2 is 1.70 bits per heavy atom. The lowest BCUT2D eigenvalue weighted by Gasteiger charge is -2.01. The fourth-order valence-electron chi connectivity index (χ4n) is 2.69. The zero-order chi connectivity index (χ0) is 20.9. The number of rotatable bonds is 6. The lowest BCUT2D eigenvalue weighted by Crippen LogP contribution is -2.16. The van der Waals surface area contributed by atoms with Gasteiger partial charge in [-0.2, -0.15) is 5.10 Å². The molecule has 9 heteroatoms. The van der Waals surface area contributed by atoms with Crippen LogP contribution < -0.4 is 10.2 Å². The van der Waals surface area contributed by atoms with Gasteiger partial charge in [0.25, 0.3) is 5.69 Å². The third-order valence-electron chi connectivity index (χ3n) is 4.13. The van der Waals surface area contributed by atoms with Gasteiger partial charge in [0.15, 0.2) is 5.01 Å². The maximum atomic E-state index is 12.9. The van der Waals surface area contributed by atoms with Gasteiger partial charge in [-0.05, 0) is 24.3 Å². The molecule has 0 saturated carbocycles. The summed E-state index contributed by atoms with van der Waals surface area (Å²) in [4.78, 5) is 23.9. The minimum Gasteiger partial charge on any atom is -0.286 e. The van der Waals surface area contributed by atoms with E-state index in [4.69, 9.17) is 0 Å². The summed E-state index contributed by atoms with van der Waals surface area (Å²) < 4.78 is 1.56. The molecule has 1 N–H and O–H groups in total. The summed E-state index contributed by atoms with van der Waals surface area (Å²) in [5.41, 5.74) is 4.53. The molecule has 4 rings (SSSR count). The average molecular weight is 417 g/mol. The van der Waals surface area contributed by atoms with Gasteiger partial charge < -0.3 is 0 Å². The number of non-ortho nitro benzene ring substituents is 1. The Kier molecular flexibility index (Phi) is 5.44. The highest BCUT2D eigenvalue weighted by Gasteiger charge is 2.18. The molecule has 0 amide bonds. The molecule has 4 aromatic rings. The predicted octanol–water partition coefficient (Wildman–Crippen LogP) is 4.00. The van der Waals surface area contributed by atoms with Crippen molar-refractivity contribution in [3.05, 3.63) is 110 Å². The maximum Gasteiger partial charge on any atom is 0.270 e. The monoisotopic (exact) mass is 417 g/mol. The SMILES string of the molecule is O=C(c1cccc([N+](=O)[O-])c1)c1nn(-c2ccccc2)/c(=N\Nc2ccccc2)s1. The Bertz CT molecular complexity index is 1270. The number of nitrogens with one attached hydrogen (secondary N) is 1. The number of hydrogen-bond donors (Lipinski definition) is 1. The molecule has 8 nitrogen and oxygen atoms in total. The number of nitro benzene ring substituents is 1. The summed E-state index contributed by atoms with van der Waals surface area (Å²) >= 11 is 1.09. The summed E-state index contributed by atoms with van der Waals surface area (Å²) in [6.07, 6.45) is 0. The Balaban J connectivity index is 1.76. The first-order valence-electron chi connectivity index (χ1n) is 8.91.